The molecule has 25 heavy (non-hydrogen) atoms. The van der Waals surface area contributed by atoms with Crippen LogP contribution in [0.1, 0.15) is 44.2 Å². The second kappa shape index (κ2) is 7.25. The molecule has 1 aliphatic carbocycles. The molecule has 1 heterocycles. The third-order valence-electron chi connectivity index (χ3n) is 5.44. The smallest absolute Gasteiger partial charge is 0.308 e. The van der Waals surface area contributed by atoms with Gasteiger partial charge in [-0.25, -0.2) is 0 Å². The van der Waals surface area contributed by atoms with Crippen LogP contribution in [0.3, 0.4) is 0 Å². The molecule has 0 bridgehead atoms. The maximum atomic E-state index is 12.5. The van der Waals surface area contributed by atoms with E-state index >= 15 is 0 Å². The average molecular weight is 344 g/mol. The second-order valence-corrected chi connectivity index (χ2v) is 7.02. The van der Waals surface area contributed by atoms with Crippen molar-refractivity contribution in [3.05, 3.63) is 35.9 Å². The van der Waals surface area contributed by atoms with E-state index in [1.807, 2.05) is 37.3 Å². The number of amides is 2. The fraction of sp³-hybridized carbons (Fsp3) is 0.526. The number of benzene rings is 1. The van der Waals surface area contributed by atoms with Crippen molar-refractivity contribution in [1.29, 1.82) is 0 Å². The normalized spacial score (nSPS) is 27.3. The summed E-state index contributed by atoms with van der Waals surface area (Å²) in [6.07, 6.45) is 2.28. The van der Waals surface area contributed by atoms with Gasteiger partial charge in [0, 0.05) is 19.0 Å². The first kappa shape index (κ1) is 17.5. The average Bonchev–Trinajstić information content (AvgIpc) is 3.21. The third kappa shape index (κ3) is 3.67. The van der Waals surface area contributed by atoms with E-state index in [-0.39, 0.29) is 30.3 Å². The summed E-state index contributed by atoms with van der Waals surface area (Å²) in [4.78, 5) is 37.9. The van der Waals surface area contributed by atoms with Gasteiger partial charge in [0.25, 0.3) is 0 Å². The predicted octanol–water partition coefficient (Wildman–Crippen LogP) is 1.97. The van der Waals surface area contributed by atoms with E-state index in [0.29, 0.717) is 19.4 Å². The third-order valence-corrected chi connectivity index (χ3v) is 5.44. The zero-order valence-electron chi connectivity index (χ0n) is 14.4. The molecule has 2 fully saturated rings. The highest BCUT2D eigenvalue weighted by Crippen LogP contribution is 2.30. The second-order valence-electron chi connectivity index (χ2n) is 7.02. The number of carboxylic acid groups (broad SMARTS) is 1. The molecule has 2 aliphatic rings. The van der Waals surface area contributed by atoms with Gasteiger partial charge < -0.3 is 15.3 Å². The lowest BCUT2D eigenvalue weighted by atomic mass is 10.0. The number of rotatable bonds is 5. The number of likely N-dealkylation sites (tertiary alicyclic amines) is 1. The van der Waals surface area contributed by atoms with Crippen molar-refractivity contribution in [1.82, 2.24) is 10.2 Å². The molecule has 2 N–H and O–H groups in total. The minimum absolute atomic E-state index is 0.0299. The van der Waals surface area contributed by atoms with Crippen molar-refractivity contribution in [2.75, 3.05) is 6.54 Å². The van der Waals surface area contributed by atoms with Crippen LogP contribution in [0.2, 0.25) is 0 Å². The molecule has 3 rings (SSSR count). The van der Waals surface area contributed by atoms with E-state index in [2.05, 4.69) is 5.32 Å². The van der Waals surface area contributed by atoms with Crippen molar-refractivity contribution < 1.29 is 19.5 Å². The number of carbonyl (C=O) groups is 3. The summed E-state index contributed by atoms with van der Waals surface area (Å²) in [6.45, 7) is 2.34. The summed E-state index contributed by atoms with van der Waals surface area (Å²) in [5, 5.41) is 12.1. The molecule has 1 aliphatic heterocycles. The van der Waals surface area contributed by atoms with Crippen molar-refractivity contribution >= 4 is 17.8 Å². The lowest BCUT2D eigenvalue weighted by Crippen LogP contribution is -2.43. The van der Waals surface area contributed by atoms with Gasteiger partial charge >= 0.3 is 5.97 Å². The van der Waals surface area contributed by atoms with E-state index in [4.69, 9.17) is 0 Å². The van der Waals surface area contributed by atoms with E-state index in [1.54, 1.807) is 4.90 Å². The van der Waals surface area contributed by atoms with Gasteiger partial charge in [-0.3, -0.25) is 14.4 Å². The van der Waals surface area contributed by atoms with Crippen LogP contribution in [0.15, 0.2) is 30.3 Å². The van der Waals surface area contributed by atoms with E-state index in [9.17, 15) is 19.5 Å². The largest absolute Gasteiger partial charge is 0.481 e. The van der Waals surface area contributed by atoms with Crippen LogP contribution in [0.5, 0.6) is 0 Å². The molecule has 6 heteroatoms. The Bertz CT molecular complexity index is 661. The minimum atomic E-state index is -0.857. The topological polar surface area (TPSA) is 86.7 Å². The number of nitrogens with zero attached hydrogens (tertiary/aromatic N) is 1. The molecule has 134 valence electrons. The summed E-state index contributed by atoms with van der Waals surface area (Å²) >= 11 is 0. The molecule has 0 aromatic heterocycles. The van der Waals surface area contributed by atoms with Crippen molar-refractivity contribution in [3.63, 3.8) is 0 Å². The number of hydrogen-bond acceptors (Lipinski definition) is 3. The zero-order valence-corrected chi connectivity index (χ0v) is 14.4. The lowest BCUT2D eigenvalue weighted by Gasteiger charge is -2.25. The molecule has 6 nitrogen and oxygen atoms in total. The summed E-state index contributed by atoms with van der Waals surface area (Å²) in [6, 6.07) is 9.35. The van der Waals surface area contributed by atoms with Crippen LogP contribution in [0, 0.1) is 11.8 Å². The fourth-order valence-corrected chi connectivity index (χ4v) is 3.92. The standard InChI is InChI=1S/C19H24N2O4/c1-12(13-6-3-2-4-7-13)21-11-14(10-17(21)22)18(23)20-16-9-5-8-15(16)19(24)25/h2-4,6-7,12,14-16H,5,8-11H2,1H3,(H,20,23)(H,24,25)/t12?,14?,15-,16+/m0/s1. The maximum Gasteiger partial charge on any atom is 0.308 e. The molecule has 0 radical (unpaired) electrons. The quantitative estimate of drug-likeness (QED) is 0.855. The van der Waals surface area contributed by atoms with Gasteiger partial charge in [0.1, 0.15) is 0 Å². The van der Waals surface area contributed by atoms with Crippen LogP contribution in [-0.4, -0.2) is 40.4 Å². The Hall–Kier alpha value is -2.37. The molecule has 1 saturated heterocycles. The number of carboxylic acids is 1. The molecular formula is C19H24N2O4. The monoisotopic (exact) mass is 344 g/mol. The molecule has 1 saturated carbocycles. The highest BCUT2D eigenvalue weighted by Gasteiger charge is 2.40. The lowest BCUT2D eigenvalue weighted by molar-refractivity contribution is -0.142. The van der Waals surface area contributed by atoms with Crippen molar-refractivity contribution in [2.24, 2.45) is 11.8 Å². The summed E-state index contributed by atoms with van der Waals surface area (Å²) in [5.41, 5.74) is 1.04. The number of aliphatic carboxylic acids is 1. The zero-order chi connectivity index (χ0) is 18.0. The SMILES string of the molecule is CC(c1ccccc1)N1CC(C(=O)N[C@@H]2CCC[C@@H]2C(=O)O)CC1=O. The highest BCUT2D eigenvalue weighted by molar-refractivity contribution is 5.90. The van der Waals surface area contributed by atoms with E-state index in [0.717, 1.165) is 12.0 Å². The Labute approximate surface area is 147 Å². The number of nitrogens with one attached hydrogen (secondary N) is 1. The van der Waals surface area contributed by atoms with E-state index in [1.165, 1.54) is 0 Å². The van der Waals surface area contributed by atoms with Crippen LogP contribution in [0.25, 0.3) is 0 Å². The first-order valence-corrected chi connectivity index (χ1v) is 8.85. The molecular weight excluding hydrogens is 320 g/mol. The summed E-state index contributed by atoms with van der Waals surface area (Å²) in [5.74, 6) is -2.01. The Morgan fingerprint density at radius 2 is 1.96 bits per heavy atom. The Kier molecular flexibility index (Phi) is 5.06. The van der Waals surface area contributed by atoms with E-state index < -0.39 is 17.8 Å². The molecule has 1 aromatic carbocycles. The van der Waals surface area contributed by atoms with Crippen LogP contribution in [-0.2, 0) is 14.4 Å². The van der Waals surface area contributed by atoms with Gasteiger partial charge in [-0.2, -0.15) is 0 Å². The molecule has 1 aromatic rings. The first-order chi connectivity index (χ1) is 12.0. The Morgan fingerprint density at radius 3 is 2.64 bits per heavy atom. The molecule has 0 spiro atoms. The van der Waals surface area contributed by atoms with Gasteiger partial charge in [0.2, 0.25) is 11.8 Å². The molecule has 2 unspecified atom stereocenters. The van der Waals surface area contributed by atoms with Gasteiger partial charge in [-0.1, -0.05) is 36.8 Å². The number of carbonyl (C=O) groups excluding carboxylic acids is 2. The van der Waals surface area contributed by atoms with Gasteiger partial charge in [-0.05, 0) is 25.3 Å². The van der Waals surface area contributed by atoms with Crippen LogP contribution in [0.4, 0.5) is 0 Å². The minimum Gasteiger partial charge on any atom is -0.481 e. The van der Waals surface area contributed by atoms with Crippen molar-refractivity contribution in [2.45, 2.75) is 44.7 Å². The van der Waals surface area contributed by atoms with Gasteiger partial charge in [0.05, 0.1) is 17.9 Å². The maximum absolute atomic E-state index is 12.5. The summed E-state index contributed by atoms with van der Waals surface area (Å²) in [7, 11) is 0. The summed E-state index contributed by atoms with van der Waals surface area (Å²) < 4.78 is 0. The number of hydrogen-bond donors (Lipinski definition) is 2. The van der Waals surface area contributed by atoms with Gasteiger partial charge in [0.15, 0.2) is 0 Å². The van der Waals surface area contributed by atoms with Crippen molar-refractivity contribution in [3.8, 4) is 0 Å². The van der Waals surface area contributed by atoms with Crippen LogP contribution < -0.4 is 5.32 Å². The Balaban J connectivity index is 1.62. The fourth-order valence-electron chi connectivity index (χ4n) is 3.92. The highest BCUT2D eigenvalue weighted by atomic mass is 16.4. The molecule has 4 atom stereocenters. The predicted molar refractivity (Wildman–Crippen MR) is 91.6 cm³/mol. The first-order valence-electron chi connectivity index (χ1n) is 8.85. The van der Waals surface area contributed by atoms with Crippen LogP contribution >= 0.6 is 0 Å². The molecule has 2 amide bonds. The van der Waals surface area contributed by atoms with Gasteiger partial charge in [-0.15, -0.1) is 0 Å². The Morgan fingerprint density at radius 1 is 1.24 bits per heavy atom.